The number of aliphatic hydroxyl groups is 1. The van der Waals surface area contributed by atoms with Crippen LogP contribution in [0.3, 0.4) is 0 Å². The molecule has 0 radical (unpaired) electrons. The van der Waals surface area contributed by atoms with Crippen molar-refractivity contribution in [2.75, 3.05) is 13.1 Å². The van der Waals surface area contributed by atoms with Crippen molar-refractivity contribution in [3.63, 3.8) is 0 Å². The molecule has 0 saturated carbocycles. The number of aryl methyl sites for hydroxylation is 1. The summed E-state index contributed by atoms with van der Waals surface area (Å²) in [7, 11) is 0. The lowest BCUT2D eigenvalue weighted by Crippen LogP contribution is -2.47. The Balaban J connectivity index is 2.70. The predicted molar refractivity (Wildman–Crippen MR) is 96.6 cm³/mol. The molecule has 0 aromatic carbocycles. The average molecular weight is 320 g/mol. The minimum absolute atomic E-state index is 0.516. The molecule has 3 N–H and O–H groups in total. The molecule has 0 spiro atoms. The van der Waals surface area contributed by atoms with Crippen LogP contribution in [0.4, 0.5) is 0 Å². The molecule has 0 bridgehead atoms. The Morgan fingerprint density at radius 1 is 1.22 bits per heavy atom. The van der Waals surface area contributed by atoms with Crippen molar-refractivity contribution in [3.8, 4) is 0 Å². The zero-order valence-electron chi connectivity index (χ0n) is 15.0. The van der Waals surface area contributed by atoms with Crippen LogP contribution in [0.5, 0.6) is 0 Å². The number of aromatic nitrogens is 1. The Labute approximate surface area is 140 Å². The first kappa shape index (κ1) is 19.4. The molecular weight excluding hydrogens is 288 g/mol. The highest BCUT2D eigenvalue weighted by Crippen LogP contribution is 2.18. The van der Waals surface area contributed by atoms with Gasteiger partial charge in [-0.1, -0.05) is 32.8 Å². The van der Waals surface area contributed by atoms with Gasteiger partial charge in [0, 0.05) is 19.3 Å². The van der Waals surface area contributed by atoms with Gasteiger partial charge in [-0.05, 0) is 38.3 Å². The fourth-order valence-electron chi connectivity index (χ4n) is 2.66. The Kier molecular flexibility index (Phi) is 8.62. The normalized spacial score (nSPS) is 12.3. The summed E-state index contributed by atoms with van der Waals surface area (Å²) in [5.41, 5.74) is 1.45. The van der Waals surface area contributed by atoms with E-state index in [9.17, 15) is 5.11 Å². The summed E-state index contributed by atoms with van der Waals surface area (Å²) < 4.78 is 0. The number of pyridine rings is 1. The van der Waals surface area contributed by atoms with E-state index in [0.29, 0.717) is 13.1 Å². The summed E-state index contributed by atoms with van der Waals surface area (Å²) in [5, 5.41) is 17.2. The van der Waals surface area contributed by atoms with Crippen molar-refractivity contribution < 1.29 is 5.11 Å². The third-order valence-electron chi connectivity index (χ3n) is 3.86. The van der Waals surface area contributed by atoms with E-state index in [1.54, 1.807) is 6.20 Å². The Hall–Kier alpha value is -1.62. The molecule has 0 unspecified atom stereocenters. The van der Waals surface area contributed by atoms with E-state index in [1.807, 2.05) is 26.0 Å². The second kappa shape index (κ2) is 10.2. The molecule has 0 saturated heterocycles. The highest BCUT2D eigenvalue weighted by Gasteiger charge is 2.24. The molecule has 0 aliphatic heterocycles. The van der Waals surface area contributed by atoms with Crippen molar-refractivity contribution in [3.05, 3.63) is 29.6 Å². The second-order valence-electron chi connectivity index (χ2n) is 6.04. The topological polar surface area (TPSA) is 69.5 Å². The van der Waals surface area contributed by atoms with E-state index in [1.165, 1.54) is 0 Å². The minimum atomic E-state index is -0.666. The van der Waals surface area contributed by atoms with E-state index in [2.05, 4.69) is 34.5 Å². The zero-order chi connectivity index (χ0) is 17.1. The summed E-state index contributed by atoms with van der Waals surface area (Å²) in [6.07, 6.45) is 5.33. The van der Waals surface area contributed by atoms with E-state index in [-0.39, 0.29) is 0 Å². The molecule has 0 amide bonds. The summed E-state index contributed by atoms with van der Waals surface area (Å²) in [5.74, 6) is 0.725. The summed E-state index contributed by atoms with van der Waals surface area (Å²) in [6, 6.07) is 3.97. The van der Waals surface area contributed by atoms with Gasteiger partial charge in [0.2, 0.25) is 0 Å². The van der Waals surface area contributed by atoms with E-state index < -0.39 is 5.60 Å². The fraction of sp³-hybridized carbons (Fsp3) is 0.667. The van der Waals surface area contributed by atoms with Gasteiger partial charge in [0.15, 0.2) is 5.96 Å². The number of nitrogens with zero attached hydrogens (tertiary/aromatic N) is 2. The second-order valence-corrected chi connectivity index (χ2v) is 6.04. The molecule has 0 aliphatic rings. The van der Waals surface area contributed by atoms with Gasteiger partial charge < -0.3 is 15.7 Å². The van der Waals surface area contributed by atoms with Crippen LogP contribution in [0, 0.1) is 6.92 Å². The Morgan fingerprint density at radius 3 is 2.48 bits per heavy atom. The smallest absolute Gasteiger partial charge is 0.191 e. The van der Waals surface area contributed by atoms with Gasteiger partial charge in [-0.15, -0.1) is 0 Å². The monoisotopic (exact) mass is 320 g/mol. The van der Waals surface area contributed by atoms with Crippen molar-refractivity contribution in [2.45, 2.75) is 65.5 Å². The predicted octanol–water partition coefficient (Wildman–Crippen LogP) is 2.78. The minimum Gasteiger partial charge on any atom is -0.388 e. The lowest BCUT2D eigenvalue weighted by molar-refractivity contribution is 0.0257. The number of rotatable bonds is 9. The van der Waals surface area contributed by atoms with Crippen LogP contribution < -0.4 is 10.6 Å². The molecule has 130 valence electrons. The van der Waals surface area contributed by atoms with Crippen molar-refractivity contribution in [1.82, 2.24) is 15.6 Å². The Bertz CT molecular complexity index is 482. The van der Waals surface area contributed by atoms with E-state index in [4.69, 9.17) is 0 Å². The maximum atomic E-state index is 10.7. The van der Waals surface area contributed by atoms with Gasteiger partial charge in [-0.3, -0.25) is 4.98 Å². The van der Waals surface area contributed by atoms with Gasteiger partial charge in [0.25, 0.3) is 0 Å². The van der Waals surface area contributed by atoms with Crippen LogP contribution in [0.15, 0.2) is 23.3 Å². The van der Waals surface area contributed by atoms with Crippen LogP contribution in [0.2, 0.25) is 0 Å². The number of hydrogen-bond acceptors (Lipinski definition) is 3. The summed E-state index contributed by atoms with van der Waals surface area (Å²) in [4.78, 5) is 8.95. The first-order valence-corrected chi connectivity index (χ1v) is 8.69. The first-order valence-electron chi connectivity index (χ1n) is 8.69. The number of hydrogen-bond donors (Lipinski definition) is 3. The SMILES string of the molecule is CCCC(O)(CCC)CNC(=NCc1ncccc1C)NCC. The van der Waals surface area contributed by atoms with Crippen LogP contribution in [-0.4, -0.2) is 34.7 Å². The average Bonchev–Trinajstić information content (AvgIpc) is 2.52. The molecule has 1 heterocycles. The molecule has 1 aromatic heterocycles. The molecule has 0 fully saturated rings. The highest BCUT2D eigenvalue weighted by atomic mass is 16.3. The molecule has 23 heavy (non-hydrogen) atoms. The van der Waals surface area contributed by atoms with E-state index >= 15 is 0 Å². The number of guanidine groups is 1. The van der Waals surface area contributed by atoms with Crippen molar-refractivity contribution >= 4 is 5.96 Å². The molecule has 1 rings (SSSR count). The molecular formula is C18H32N4O. The molecule has 1 aromatic rings. The number of nitrogens with one attached hydrogen (secondary N) is 2. The molecule has 0 aliphatic carbocycles. The first-order chi connectivity index (χ1) is 11.0. The van der Waals surface area contributed by atoms with Crippen molar-refractivity contribution in [2.24, 2.45) is 4.99 Å². The quantitative estimate of drug-likeness (QED) is 0.483. The van der Waals surface area contributed by atoms with Crippen LogP contribution >= 0.6 is 0 Å². The van der Waals surface area contributed by atoms with E-state index in [0.717, 1.165) is 49.4 Å². The summed E-state index contributed by atoms with van der Waals surface area (Å²) >= 11 is 0. The number of aliphatic imine (C=N–C) groups is 1. The van der Waals surface area contributed by atoms with Gasteiger partial charge >= 0.3 is 0 Å². The standard InChI is InChI=1S/C18H32N4O/c1-5-10-18(23,11-6-2)14-22-17(19-7-3)21-13-16-15(4)9-8-12-20-16/h8-9,12,23H,5-7,10-11,13-14H2,1-4H3,(H2,19,21,22). The maximum Gasteiger partial charge on any atom is 0.191 e. The fourth-order valence-corrected chi connectivity index (χ4v) is 2.66. The lowest BCUT2D eigenvalue weighted by atomic mass is 9.93. The third kappa shape index (κ3) is 6.99. The van der Waals surface area contributed by atoms with Crippen LogP contribution in [0.25, 0.3) is 0 Å². The molecule has 5 heteroatoms. The highest BCUT2D eigenvalue weighted by molar-refractivity contribution is 5.79. The van der Waals surface area contributed by atoms with Gasteiger partial charge in [0.1, 0.15) is 0 Å². The Morgan fingerprint density at radius 2 is 1.91 bits per heavy atom. The zero-order valence-corrected chi connectivity index (χ0v) is 15.0. The largest absolute Gasteiger partial charge is 0.388 e. The maximum absolute atomic E-state index is 10.7. The molecule has 5 nitrogen and oxygen atoms in total. The van der Waals surface area contributed by atoms with Crippen LogP contribution in [0.1, 0.15) is 57.7 Å². The molecule has 0 atom stereocenters. The third-order valence-corrected chi connectivity index (χ3v) is 3.86. The van der Waals surface area contributed by atoms with Crippen LogP contribution in [-0.2, 0) is 6.54 Å². The summed E-state index contributed by atoms with van der Waals surface area (Å²) in [6.45, 7) is 10.1. The van der Waals surface area contributed by atoms with Gasteiger partial charge in [-0.2, -0.15) is 0 Å². The lowest BCUT2D eigenvalue weighted by Gasteiger charge is -2.28. The van der Waals surface area contributed by atoms with Gasteiger partial charge in [0.05, 0.1) is 17.8 Å². The van der Waals surface area contributed by atoms with Crippen molar-refractivity contribution in [1.29, 1.82) is 0 Å². The van der Waals surface area contributed by atoms with Gasteiger partial charge in [-0.25, -0.2) is 4.99 Å².